The third-order valence-corrected chi connectivity index (χ3v) is 6.82. The Morgan fingerprint density at radius 2 is 2.06 bits per heavy atom. The highest BCUT2D eigenvalue weighted by Gasteiger charge is 2.48. The van der Waals surface area contributed by atoms with Gasteiger partial charge in [-0.1, -0.05) is 12.1 Å². The van der Waals surface area contributed by atoms with Crippen molar-refractivity contribution in [2.24, 2.45) is 0 Å². The first-order valence-electron chi connectivity index (χ1n) is 10.4. The van der Waals surface area contributed by atoms with Gasteiger partial charge < -0.3 is 20.7 Å². The summed E-state index contributed by atoms with van der Waals surface area (Å²) in [6, 6.07) is 11.1. The molecule has 2 fully saturated rings. The molecule has 3 aromatic rings. The van der Waals surface area contributed by atoms with Gasteiger partial charge in [-0.25, -0.2) is 4.98 Å². The van der Waals surface area contributed by atoms with E-state index in [0.29, 0.717) is 24.2 Å². The number of nitrogens with zero attached hydrogens (tertiary/aromatic N) is 2. The monoisotopic (exact) mass is 450 g/mol. The van der Waals surface area contributed by atoms with Crippen molar-refractivity contribution in [3.63, 3.8) is 0 Å². The molecule has 0 bridgehead atoms. The minimum Gasteiger partial charge on any atom is -0.399 e. The van der Waals surface area contributed by atoms with E-state index in [0.717, 1.165) is 15.8 Å². The van der Waals surface area contributed by atoms with Crippen molar-refractivity contribution in [1.82, 2.24) is 15.2 Å². The van der Waals surface area contributed by atoms with Gasteiger partial charge in [0.15, 0.2) is 5.78 Å². The number of ketones is 1. The summed E-state index contributed by atoms with van der Waals surface area (Å²) in [5, 5.41) is 2.89. The van der Waals surface area contributed by atoms with Crippen LogP contribution in [0.3, 0.4) is 0 Å². The lowest BCUT2D eigenvalue weighted by Gasteiger charge is -2.27. The van der Waals surface area contributed by atoms with Crippen molar-refractivity contribution in [2.45, 2.75) is 31.0 Å². The number of carbonyl (C=O) groups excluding carboxylic acids is 3. The fourth-order valence-corrected chi connectivity index (χ4v) is 5.03. The van der Waals surface area contributed by atoms with E-state index in [9.17, 15) is 14.4 Å². The van der Waals surface area contributed by atoms with Crippen LogP contribution in [0.2, 0.25) is 0 Å². The van der Waals surface area contributed by atoms with Crippen molar-refractivity contribution in [1.29, 1.82) is 0 Å². The second-order valence-electron chi connectivity index (χ2n) is 8.09. The number of likely N-dealkylation sites (tertiary alicyclic amines) is 1. The van der Waals surface area contributed by atoms with E-state index < -0.39 is 12.1 Å². The van der Waals surface area contributed by atoms with Gasteiger partial charge in [0.25, 0.3) is 5.91 Å². The second-order valence-corrected chi connectivity index (χ2v) is 8.97. The number of amides is 2. The standard InChI is InChI=1S/C23H22N4O4S/c24-15-4-1-13(2-5-15)9-17(23(30)27-8-7-19-21(27)18(28)11-31-19)26-22(29)14-3-6-20-16(10-14)25-12-32-20/h1-6,10,12,17,19,21H,7-9,11,24H2,(H,26,29). The second kappa shape index (κ2) is 8.33. The van der Waals surface area contributed by atoms with E-state index in [1.54, 1.807) is 34.7 Å². The average Bonchev–Trinajstić information content (AvgIpc) is 3.51. The number of hydrogen-bond donors (Lipinski definition) is 2. The number of nitrogen functional groups attached to an aromatic ring is 1. The molecule has 8 nitrogen and oxygen atoms in total. The number of carbonyl (C=O) groups is 3. The van der Waals surface area contributed by atoms with Gasteiger partial charge in [0.1, 0.15) is 18.7 Å². The lowest BCUT2D eigenvalue weighted by Crippen LogP contribution is -2.53. The summed E-state index contributed by atoms with van der Waals surface area (Å²) in [7, 11) is 0. The fourth-order valence-electron chi connectivity index (χ4n) is 4.37. The molecule has 2 amide bonds. The highest BCUT2D eigenvalue weighted by Crippen LogP contribution is 2.28. The first-order chi connectivity index (χ1) is 15.5. The summed E-state index contributed by atoms with van der Waals surface area (Å²) in [4.78, 5) is 44.7. The van der Waals surface area contributed by atoms with Crippen molar-refractivity contribution in [3.05, 3.63) is 59.1 Å². The molecule has 3 atom stereocenters. The Balaban J connectivity index is 1.40. The summed E-state index contributed by atoms with van der Waals surface area (Å²) in [5.41, 5.74) is 10.2. The highest BCUT2D eigenvalue weighted by atomic mass is 32.1. The lowest BCUT2D eigenvalue weighted by molar-refractivity contribution is -0.138. The number of fused-ring (bicyclic) bond motifs is 2. The van der Waals surface area contributed by atoms with Crippen LogP contribution in [0.5, 0.6) is 0 Å². The van der Waals surface area contributed by atoms with Crippen LogP contribution in [0.15, 0.2) is 48.0 Å². The Labute approximate surface area is 188 Å². The van der Waals surface area contributed by atoms with Crippen LogP contribution in [0.25, 0.3) is 10.2 Å². The molecule has 0 aliphatic carbocycles. The maximum Gasteiger partial charge on any atom is 0.252 e. The molecular weight excluding hydrogens is 428 g/mol. The van der Waals surface area contributed by atoms with E-state index in [1.807, 2.05) is 18.2 Å². The molecule has 0 spiro atoms. The van der Waals surface area contributed by atoms with Crippen molar-refractivity contribution in [3.8, 4) is 0 Å². The predicted octanol–water partition coefficient (Wildman–Crippen LogP) is 1.79. The van der Waals surface area contributed by atoms with E-state index in [1.165, 1.54) is 11.3 Å². The molecule has 2 aliphatic heterocycles. The number of nitrogens with two attached hydrogens (primary N) is 1. The first kappa shape index (κ1) is 20.6. The van der Waals surface area contributed by atoms with Crippen LogP contribution in [0.4, 0.5) is 5.69 Å². The summed E-state index contributed by atoms with van der Waals surface area (Å²) < 4.78 is 6.50. The Morgan fingerprint density at radius 3 is 2.88 bits per heavy atom. The average molecular weight is 451 g/mol. The maximum atomic E-state index is 13.5. The number of thiazole rings is 1. The van der Waals surface area contributed by atoms with E-state index in [4.69, 9.17) is 10.5 Å². The normalized spacial score (nSPS) is 21.0. The van der Waals surface area contributed by atoms with Crippen LogP contribution in [-0.2, 0) is 20.7 Å². The highest BCUT2D eigenvalue weighted by molar-refractivity contribution is 7.16. The Hall–Kier alpha value is -3.30. The van der Waals surface area contributed by atoms with Crippen LogP contribution < -0.4 is 11.1 Å². The molecular formula is C23H22N4O4S. The van der Waals surface area contributed by atoms with Gasteiger partial charge >= 0.3 is 0 Å². The van der Waals surface area contributed by atoms with Crippen LogP contribution in [0.1, 0.15) is 22.3 Å². The van der Waals surface area contributed by atoms with Crippen LogP contribution in [-0.4, -0.2) is 58.8 Å². The topological polar surface area (TPSA) is 115 Å². The third kappa shape index (κ3) is 3.85. The Bertz CT molecular complexity index is 1190. The summed E-state index contributed by atoms with van der Waals surface area (Å²) in [5.74, 6) is -0.734. The zero-order valence-corrected chi connectivity index (χ0v) is 18.0. The number of ether oxygens (including phenoxy) is 1. The molecule has 3 unspecified atom stereocenters. The van der Waals surface area contributed by atoms with Gasteiger partial charge in [-0.05, 0) is 42.3 Å². The molecule has 2 aromatic carbocycles. The first-order valence-corrected chi connectivity index (χ1v) is 11.3. The molecule has 0 radical (unpaired) electrons. The number of nitrogens with one attached hydrogen (secondary N) is 1. The van der Waals surface area contributed by atoms with Crippen LogP contribution >= 0.6 is 11.3 Å². The number of anilines is 1. The SMILES string of the molecule is Nc1ccc(CC(NC(=O)c2ccc3scnc3c2)C(=O)N2CCC3OCC(=O)C32)cc1. The quantitative estimate of drug-likeness (QED) is 0.573. The number of hydrogen-bond acceptors (Lipinski definition) is 7. The Morgan fingerprint density at radius 1 is 1.25 bits per heavy atom. The summed E-state index contributed by atoms with van der Waals surface area (Å²) in [6.07, 6.45) is 0.643. The summed E-state index contributed by atoms with van der Waals surface area (Å²) >= 11 is 1.50. The number of rotatable bonds is 5. The lowest BCUT2D eigenvalue weighted by atomic mass is 10.0. The molecule has 3 N–H and O–H groups in total. The molecule has 1 aromatic heterocycles. The van der Waals surface area contributed by atoms with Crippen molar-refractivity contribution < 1.29 is 19.1 Å². The van der Waals surface area contributed by atoms with E-state index >= 15 is 0 Å². The van der Waals surface area contributed by atoms with E-state index in [2.05, 4.69) is 10.3 Å². The molecule has 9 heteroatoms. The number of Topliss-reactive ketones (excluding diaryl/α,β-unsaturated/α-hetero) is 1. The van der Waals surface area contributed by atoms with Crippen LogP contribution in [0, 0.1) is 0 Å². The maximum absolute atomic E-state index is 13.5. The largest absolute Gasteiger partial charge is 0.399 e. The van der Waals surface area contributed by atoms with Gasteiger partial charge in [0.05, 0.1) is 21.8 Å². The molecule has 2 aliphatic rings. The molecule has 164 valence electrons. The Kier molecular flexibility index (Phi) is 5.36. The molecule has 32 heavy (non-hydrogen) atoms. The van der Waals surface area contributed by atoms with E-state index in [-0.39, 0.29) is 36.7 Å². The van der Waals surface area contributed by atoms with Crippen molar-refractivity contribution >= 4 is 44.8 Å². The van der Waals surface area contributed by atoms with Gasteiger partial charge in [0, 0.05) is 24.2 Å². The molecule has 3 heterocycles. The van der Waals surface area contributed by atoms with Gasteiger partial charge in [0.2, 0.25) is 5.91 Å². The number of aromatic nitrogens is 1. The molecule has 5 rings (SSSR count). The minimum atomic E-state index is -0.829. The summed E-state index contributed by atoms with van der Waals surface area (Å²) in [6.45, 7) is 0.459. The predicted molar refractivity (Wildman–Crippen MR) is 120 cm³/mol. The van der Waals surface area contributed by atoms with Gasteiger partial charge in [-0.15, -0.1) is 11.3 Å². The van der Waals surface area contributed by atoms with Gasteiger partial charge in [-0.2, -0.15) is 0 Å². The molecule has 2 saturated heterocycles. The molecule has 0 saturated carbocycles. The van der Waals surface area contributed by atoms with Gasteiger partial charge in [-0.3, -0.25) is 14.4 Å². The minimum absolute atomic E-state index is 0.0295. The fraction of sp³-hybridized carbons (Fsp3) is 0.304. The van der Waals surface area contributed by atoms with Crippen molar-refractivity contribution in [2.75, 3.05) is 18.9 Å². The zero-order chi connectivity index (χ0) is 22.2. The number of benzene rings is 2. The zero-order valence-electron chi connectivity index (χ0n) is 17.2. The third-order valence-electron chi connectivity index (χ3n) is 6.01. The smallest absolute Gasteiger partial charge is 0.252 e.